The molecule has 1 aromatic carbocycles. The van der Waals surface area contributed by atoms with Crippen LogP contribution in [-0.2, 0) is 0 Å². The van der Waals surface area contributed by atoms with Crippen LogP contribution in [0.25, 0.3) is 11.3 Å². The molecule has 3 rings (SSSR count). The fourth-order valence-corrected chi connectivity index (χ4v) is 2.97. The summed E-state index contributed by atoms with van der Waals surface area (Å²) in [4.78, 5) is 9.50. The molecule has 1 atom stereocenters. The average Bonchev–Trinajstić information content (AvgIpc) is 3.09. The fraction of sp³-hybridized carbons (Fsp3) is 0.200. The van der Waals surface area contributed by atoms with Crippen LogP contribution < -0.4 is 5.32 Å². The molecule has 102 valence electrons. The Morgan fingerprint density at radius 3 is 2.95 bits per heavy atom. The number of rotatable bonds is 4. The van der Waals surface area contributed by atoms with E-state index >= 15 is 0 Å². The smallest absolute Gasteiger partial charge is 0.181 e. The van der Waals surface area contributed by atoms with E-state index in [1.807, 2.05) is 30.6 Å². The van der Waals surface area contributed by atoms with E-state index in [2.05, 4.69) is 28.3 Å². The highest BCUT2D eigenvalue weighted by atomic mass is 32.1. The van der Waals surface area contributed by atoms with Gasteiger partial charge in [-0.2, -0.15) is 0 Å². The summed E-state index contributed by atoms with van der Waals surface area (Å²) in [5.74, 6) is 0.773. The Kier molecular flexibility index (Phi) is 3.52. The third kappa shape index (κ3) is 2.58. The Balaban J connectivity index is 1.81. The molecule has 2 heterocycles. The Hall–Kier alpha value is -2.14. The molecule has 1 N–H and O–H groups in total. The number of benzene rings is 1. The Bertz CT molecular complexity index is 691. The van der Waals surface area contributed by atoms with Crippen LogP contribution in [0.1, 0.15) is 23.5 Å². The summed E-state index contributed by atoms with van der Waals surface area (Å²) < 4.78 is 5.32. The van der Waals surface area contributed by atoms with E-state index in [9.17, 15) is 0 Å². The first-order valence-electron chi connectivity index (χ1n) is 6.39. The maximum Gasteiger partial charge on any atom is 0.181 e. The Labute approximate surface area is 121 Å². The molecule has 0 aliphatic carbocycles. The lowest BCUT2D eigenvalue weighted by atomic mass is 10.1. The van der Waals surface area contributed by atoms with Crippen molar-refractivity contribution in [3.8, 4) is 11.3 Å². The van der Waals surface area contributed by atoms with Gasteiger partial charge in [-0.1, -0.05) is 12.1 Å². The van der Waals surface area contributed by atoms with Crippen LogP contribution in [0.3, 0.4) is 0 Å². The summed E-state index contributed by atoms with van der Waals surface area (Å²) >= 11 is 1.68. The van der Waals surface area contributed by atoms with Crippen molar-refractivity contribution < 1.29 is 4.42 Å². The molecule has 0 saturated heterocycles. The quantitative estimate of drug-likeness (QED) is 0.777. The molecule has 0 spiro atoms. The van der Waals surface area contributed by atoms with Crippen LogP contribution in [0, 0.1) is 6.92 Å². The lowest BCUT2D eigenvalue weighted by Gasteiger charge is -2.14. The molecule has 0 aliphatic rings. The maximum atomic E-state index is 5.32. The van der Waals surface area contributed by atoms with Gasteiger partial charge in [-0.05, 0) is 26.0 Å². The molecule has 0 aliphatic heterocycles. The normalized spacial score (nSPS) is 12.3. The van der Waals surface area contributed by atoms with Crippen molar-refractivity contribution in [2.75, 3.05) is 5.32 Å². The van der Waals surface area contributed by atoms with E-state index in [4.69, 9.17) is 4.42 Å². The lowest BCUT2D eigenvalue weighted by Crippen LogP contribution is -2.06. The van der Waals surface area contributed by atoms with E-state index in [1.165, 1.54) is 11.3 Å². The number of nitrogens with zero attached hydrogens (tertiary/aromatic N) is 2. The van der Waals surface area contributed by atoms with Crippen molar-refractivity contribution in [2.45, 2.75) is 19.9 Å². The van der Waals surface area contributed by atoms with Gasteiger partial charge in [0.05, 0.1) is 23.4 Å². The standard InChI is InChI=1S/C15H15N3OS/c1-10-15(20-9-17-10)11(2)18-13-5-3-4-12(6-13)14-7-16-8-19-14/h3-9,11,18H,1-2H3. The topological polar surface area (TPSA) is 51.0 Å². The van der Waals surface area contributed by atoms with Crippen LogP contribution in [0.4, 0.5) is 5.69 Å². The number of hydrogen-bond donors (Lipinski definition) is 1. The zero-order valence-corrected chi connectivity index (χ0v) is 12.1. The minimum atomic E-state index is 0.229. The summed E-state index contributed by atoms with van der Waals surface area (Å²) in [6, 6.07) is 8.36. The maximum absolute atomic E-state index is 5.32. The molecule has 0 fully saturated rings. The molecule has 2 aromatic heterocycles. The second-order valence-electron chi connectivity index (χ2n) is 4.61. The number of nitrogens with one attached hydrogen (secondary N) is 1. The third-order valence-corrected chi connectivity index (χ3v) is 4.25. The van der Waals surface area contributed by atoms with Crippen LogP contribution in [0.5, 0.6) is 0 Å². The first kappa shape index (κ1) is 12.9. The second-order valence-corrected chi connectivity index (χ2v) is 5.50. The van der Waals surface area contributed by atoms with Gasteiger partial charge in [0, 0.05) is 16.1 Å². The van der Waals surface area contributed by atoms with Crippen LogP contribution in [0.2, 0.25) is 0 Å². The van der Waals surface area contributed by atoms with Crippen molar-refractivity contribution in [3.63, 3.8) is 0 Å². The molecular formula is C15H15N3OS. The second kappa shape index (κ2) is 5.46. The van der Waals surface area contributed by atoms with Gasteiger partial charge in [0.15, 0.2) is 12.2 Å². The van der Waals surface area contributed by atoms with E-state index in [0.717, 1.165) is 22.7 Å². The van der Waals surface area contributed by atoms with Crippen LogP contribution in [-0.4, -0.2) is 9.97 Å². The molecule has 4 nitrogen and oxygen atoms in total. The first-order chi connectivity index (χ1) is 9.74. The highest BCUT2D eigenvalue weighted by molar-refractivity contribution is 7.09. The minimum absolute atomic E-state index is 0.229. The predicted molar refractivity (Wildman–Crippen MR) is 80.8 cm³/mol. The van der Waals surface area contributed by atoms with Crippen molar-refractivity contribution in [1.82, 2.24) is 9.97 Å². The molecular weight excluding hydrogens is 270 g/mol. The lowest BCUT2D eigenvalue weighted by molar-refractivity contribution is 0.572. The van der Waals surface area contributed by atoms with Crippen molar-refractivity contribution >= 4 is 17.0 Å². The summed E-state index contributed by atoms with van der Waals surface area (Å²) in [5, 5.41) is 3.50. The van der Waals surface area contributed by atoms with Crippen LogP contribution in [0.15, 0.2) is 46.8 Å². The van der Waals surface area contributed by atoms with E-state index in [0.29, 0.717) is 0 Å². The van der Waals surface area contributed by atoms with Gasteiger partial charge in [-0.15, -0.1) is 11.3 Å². The van der Waals surface area contributed by atoms with Gasteiger partial charge < -0.3 is 9.73 Å². The first-order valence-corrected chi connectivity index (χ1v) is 7.27. The van der Waals surface area contributed by atoms with Crippen molar-refractivity contribution in [3.05, 3.63) is 52.9 Å². The van der Waals surface area contributed by atoms with E-state index < -0.39 is 0 Å². The number of anilines is 1. The number of aromatic nitrogens is 2. The highest BCUT2D eigenvalue weighted by Crippen LogP contribution is 2.27. The zero-order valence-electron chi connectivity index (χ0n) is 11.3. The van der Waals surface area contributed by atoms with Gasteiger partial charge in [0.2, 0.25) is 0 Å². The van der Waals surface area contributed by atoms with Gasteiger partial charge in [0.25, 0.3) is 0 Å². The molecule has 0 amide bonds. The number of oxazole rings is 1. The Morgan fingerprint density at radius 2 is 2.25 bits per heavy atom. The number of hydrogen-bond acceptors (Lipinski definition) is 5. The molecule has 0 saturated carbocycles. The fourth-order valence-electron chi connectivity index (χ4n) is 2.16. The monoisotopic (exact) mass is 285 g/mol. The average molecular weight is 285 g/mol. The van der Waals surface area contributed by atoms with Crippen molar-refractivity contribution in [2.24, 2.45) is 0 Å². The van der Waals surface area contributed by atoms with E-state index in [1.54, 1.807) is 17.5 Å². The number of thiazole rings is 1. The largest absolute Gasteiger partial charge is 0.444 e. The summed E-state index contributed by atoms with van der Waals surface area (Å²) in [5.41, 5.74) is 5.04. The number of aryl methyl sites for hydroxylation is 1. The molecule has 3 aromatic rings. The van der Waals surface area contributed by atoms with Crippen molar-refractivity contribution in [1.29, 1.82) is 0 Å². The zero-order chi connectivity index (χ0) is 13.9. The summed E-state index contributed by atoms with van der Waals surface area (Å²) in [6.45, 7) is 4.18. The molecule has 0 radical (unpaired) electrons. The van der Waals surface area contributed by atoms with Crippen LogP contribution >= 0.6 is 11.3 Å². The predicted octanol–water partition coefficient (Wildman–Crippen LogP) is 4.28. The SMILES string of the molecule is Cc1ncsc1C(C)Nc1cccc(-c2cnco2)c1. The summed E-state index contributed by atoms with van der Waals surface area (Å²) in [7, 11) is 0. The molecule has 0 bridgehead atoms. The minimum Gasteiger partial charge on any atom is -0.444 e. The summed E-state index contributed by atoms with van der Waals surface area (Å²) in [6.07, 6.45) is 3.16. The Morgan fingerprint density at radius 1 is 1.35 bits per heavy atom. The third-order valence-electron chi connectivity index (χ3n) is 3.14. The van der Waals surface area contributed by atoms with Gasteiger partial charge >= 0.3 is 0 Å². The molecule has 1 unspecified atom stereocenters. The van der Waals surface area contributed by atoms with E-state index in [-0.39, 0.29) is 6.04 Å². The highest BCUT2D eigenvalue weighted by Gasteiger charge is 2.11. The molecule has 5 heteroatoms. The van der Waals surface area contributed by atoms with Gasteiger partial charge in [-0.25, -0.2) is 9.97 Å². The van der Waals surface area contributed by atoms with Gasteiger partial charge in [0.1, 0.15) is 0 Å². The molecule has 20 heavy (non-hydrogen) atoms. The van der Waals surface area contributed by atoms with Gasteiger partial charge in [-0.3, -0.25) is 0 Å².